The van der Waals surface area contributed by atoms with Crippen molar-refractivity contribution in [1.29, 1.82) is 0 Å². The fourth-order valence-electron chi connectivity index (χ4n) is 2.43. The van der Waals surface area contributed by atoms with Crippen LogP contribution in [-0.4, -0.2) is 24.9 Å². The maximum atomic E-state index is 12.6. The Hall–Kier alpha value is -2.37. The van der Waals surface area contributed by atoms with Crippen LogP contribution in [0.25, 0.3) is 0 Å². The molecule has 25 heavy (non-hydrogen) atoms. The Kier molecular flexibility index (Phi) is 6.98. The van der Waals surface area contributed by atoms with E-state index in [9.17, 15) is 9.59 Å². The zero-order valence-electron chi connectivity index (χ0n) is 14.1. The number of halogens is 1. The summed E-state index contributed by atoms with van der Waals surface area (Å²) in [5, 5.41) is 3.88. The van der Waals surface area contributed by atoms with Crippen molar-refractivity contribution in [1.82, 2.24) is 5.32 Å². The molecule has 0 saturated heterocycles. The molecule has 2 aromatic rings. The second-order valence-electron chi connectivity index (χ2n) is 5.75. The minimum absolute atomic E-state index is 0.00465. The minimum Gasteiger partial charge on any atom is -0.370 e. The molecular weight excluding hydrogens is 338 g/mol. The van der Waals surface area contributed by atoms with Gasteiger partial charge in [-0.3, -0.25) is 9.59 Å². The second-order valence-corrected chi connectivity index (χ2v) is 6.19. The van der Waals surface area contributed by atoms with Crippen LogP contribution in [0.5, 0.6) is 0 Å². The number of carbonyl (C=O) groups excluding carboxylic acids is 2. The van der Waals surface area contributed by atoms with Crippen LogP contribution in [0.15, 0.2) is 54.6 Å². The van der Waals surface area contributed by atoms with Crippen molar-refractivity contribution in [3.63, 3.8) is 0 Å². The summed E-state index contributed by atoms with van der Waals surface area (Å²) in [6.45, 7) is 2.39. The van der Waals surface area contributed by atoms with Crippen molar-refractivity contribution in [2.24, 2.45) is 5.73 Å². The van der Waals surface area contributed by atoms with Crippen molar-refractivity contribution >= 4 is 29.1 Å². The molecule has 0 spiro atoms. The molecule has 0 bridgehead atoms. The van der Waals surface area contributed by atoms with E-state index in [0.29, 0.717) is 5.02 Å². The number of amides is 2. The van der Waals surface area contributed by atoms with Crippen LogP contribution in [0.4, 0.5) is 5.69 Å². The molecule has 5 nitrogen and oxygen atoms in total. The first-order chi connectivity index (χ1) is 12.0. The van der Waals surface area contributed by atoms with Crippen LogP contribution in [-0.2, 0) is 9.59 Å². The highest BCUT2D eigenvalue weighted by atomic mass is 35.5. The predicted molar refractivity (Wildman–Crippen MR) is 100 cm³/mol. The molecule has 0 radical (unpaired) electrons. The van der Waals surface area contributed by atoms with Gasteiger partial charge in [0.25, 0.3) is 0 Å². The topological polar surface area (TPSA) is 75.4 Å². The van der Waals surface area contributed by atoms with Crippen LogP contribution >= 0.6 is 11.6 Å². The number of nitrogens with zero attached hydrogens (tertiary/aromatic N) is 1. The summed E-state index contributed by atoms with van der Waals surface area (Å²) in [6.07, 6.45) is 0.118. The van der Waals surface area contributed by atoms with Crippen molar-refractivity contribution < 1.29 is 9.59 Å². The highest BCUT2D eigenvalue weighted by Gasteiger charge is 2.17. The van der Waals surface area contributed by atoms with Crippen LogP contribution < -0.4 is 16.0 Å². The summed E-state index contributed by atoms with van der Waals surface area (Å²) in [4.78, 5) is 25.3. The van der Waals surface area contributed by atoms with Crippen molar-refractivity contribution in [3.05, 3.63) is 65.2 Å². The van der Waals surface area contributed by atoms with Gasteiger partial charge in [0.05, 0.1) is 6.54 Å². The molecule has 0 heterocycles. The number of rotatable bonds is 8. The molecule has 0 fully saturated rings. The Bertz CT molecular complexity index is 704. The van der Waals surface area contributed by atoms with Crippen molar-refractivity contribution in [2.45, 2.75) is 19.4 Å². The van der Waals surface area contributed by atoms with Crippen molar-refractivity contribution in [2.75, 3.05) is 18.0 Å². The van der Waals surface area contributed by atoms with E-state index in [1.165, 1.54) is 0 Å². The lowest BCUT2D eigenvalue weighted by Gasteiger charge is -2.24. The number of para-hydroxylation sites is 1. The average molecular weight is 360 g/mol. The number of hydrogen-bond acceptors (Lipinski definition) is 3. The Morgan fingerprint density at radius 3 is 2.36 bits per heavy atom. The highest BCUT2D eigenvalue weighted by Crippen LogP contribution is 2.17. The Morgan fingerprint density at radius 2 is 1.76 bits per heavy atom. The molecule has 3 N–H and O–H groups in total. The van der Waals surface area contributed by atoms with Gasteiger partial charge in [-0.2, -0.15) is 0 Å². The van der Waals surface area contributed by atoms with Gasteiger partial charge in [-0.15, -0.1) is 0 Å². The maximum absolute atomic E-state index is 12.6. The largest absolute Gasteiger partial charge is 0.370 e. The number of primary amides is 1. The summed E-state index contributed by atoms with van der Waals surface area (Å²) in [5.41, 5.74) is 7.01. The van der Waals surface area contributed by atoms with E-state index in [1.54, 1.807) is 4.90 Å². The van der Waals surface area contributed by atoms with Gasteiger partial charge in [-0.05, 0) is 36.8 Å². The molecule has 2 aromatic carbocycles. The molecule has 6 heteroatoms. The number of nitrogens with one attached hydrogen (secondary N) is 1. The molecule has 1 atom stereocenters. The average Bonchev–Trinajstić information content (AvgIpc) is 2.61. The maximum Gasteiger partial charge on any atom is 0.240 e. The molecule has 0 aromatic heterocycles. The van der Waals surface area contributed by atoms with Gasteiger partial charge >= 0.3 is 0 Å². The Morgan fingerprint density at radius 1 is 1.12 bits per heavy atom. The van der Waals surface area contributed by atoms with Gasteiger partial charge < -0.3 is 16.0 Å². The first-order valence-corrected chi connectivity index (χ1v) is 8.47. The quantitative estimate of drug-likeness (QED) is 0.761. The fourth-order valence-corrected chi connectivity index (χ4v) is 2.56. The summed E-state index contributed by atoms with van der Waals surface area (Å²) in [7, 11) is 0. The third-order valence-electron chi connectivity index (χ3n) is 3.88. The zero-order valence-corrected chi connectivity index (χ0v) is 14.9. The van der Waals surface area contributed by atoms with E-state index in [0.717, 1.165) is 11.3 Å². The summed E-state index contributed by atoms with van der Waals surface area (Å²) >= 11 is 5.89. The molecule has 1 unspecified atom stereocenters. The van der Waals surface area contributed by atoms with E-state index in [2.05, 4.69) is 5.32 Å². The van der Waals surface area contributed by atoms with Gasteiger partial charge in [-0.25, -0.2) is 0 Å². The van der Waals surface area contributed by atoms with E-state index >= 15 is 0 Å². The SMILES string of the molecule is CC(NCC(=O)N(CCC(N)=O)c1ccccc1)c1ccc(Cl)cc1. The van der Waals surface area contributed by atoms with E-state index in [4.69, 9.17) is 17.3 Å². The third-order valence-corrected chi connectivity index (χ3v) is 4.13. The van der Waals surface area contributed by atoms with Gasteiger partial charge in [-0.1, -0.05) is 41.9 Å². The van der Waals surface area contributed by atoms with Crippen LogP contribution in [0.2, 0.25) is 5.02 Å². The molecule has 0 aliphatic carbocycles. The number of anilines is 1. The summed E-state index contributed by atoms with van der Waals surface area (Å²) < 4.78 is 0. The predicted octanol–water partition coefficient (Wildman–Crippen LogP) is 2.90. The number of hydrogen-bond donors (Lipinski definition) is 2. The molecule has 0 aliphatic rings. The van der Waals surface area contributed by atoms with E-state index in [-0.39, 0.29) is 31.5 Å². The Labute approximate surface area is 152 Å². The lowest BCUT2D eigenvalue weighted by Crippen LogP contribution is -2.40. The normalized spacial score (nSPS) is 11.8. The zero-order chi connectivity index (χ0) is 18.2. The first kappa shape index (κ1) is 19.0. The smallest absolute Gasteiger partial charge is 0.240 e. The summed E-state index contributed by atoms with van der Waals surface area (Å²) in [5.74, 6) is -0.551. The monoisotopic (exact) mass is 359 g/mol. The van der Waals surface area contributed by atoms with Gasteiger partial charge in [0.15, 0.2) is 0 Å². The molecule has 2 amide bonds. The number of benzene rings is 2. The molecule has 0 aliphatic heterocycles. The van der Waals surface area contributed by atoms with Crippen LogP contribution in [0.1, 0.15) is 24.9 Å². The third kappa shape index (κ3) is 5.89. The highest BCUT2D eigenvalue weighted by molar-refractivity contribution is 6.30. The standard InChI is InChI=1S/C19H22ClN3O2/c1-14(15-7-9-16(20)10-8-15)22-13-19(25)23(12-11-18(21)24)17-5-3-2-4-6-17/h2-10,14,22H,11-13H2,1H3,(H2,21,24). The first-order valence-electron chi connectivity index (χ1n) is 8.10. The molecule has 2 rings (SSSR count). The van der Waals surface area contributed by atoms with Gasteiger partial charge in [0, 0.05) is 29.7 Å². The van der Waals surface area contributed by atoms with E-state index in [1.807, 2.05) is 61.5 Å². The number of carbonyl (C=O) groups is 2. The van der Waals surface area contributed by atoms with E-state index < -0.39 is 5.91 Å². The Balaban J connectivity index is 2.01. The van der Waals surface area contributed by atoms with Crippen LogP contribution in [0, 0.1) is 0 Å². The molecule has 0 saturated carbocycles. The lowest BCUT2D eigenvalue weighted by molar-refractivity contribution is -0.118. The summed E-state index contributed by atoms with van der Waals surface area (Å²) in [6, 6.07) is 16.7. The van der Waals surface area contributed by atoms with Gasteiger partial charge in [0.2, 0.25) is 11.8 Å². The minimum atomic E-state index is -0.434. The van der Waals surface area contributed by atoms with Crippen molar-refractivity contribution in [3.8, 4) is 0 Å². The fraction of sp³-hybridized carbons (Fsp3) is 0.263. The molecule has 132 valence electrons. The van der Waals surface area contributed by atoms with Crippen LogP contribution in [0.3, 0.4) is 0 Å². The lowest BCUT2D eigenvalue weighted by atomic mass is 10.1. The number of nitrogens with two attached hydrogens (primary N) is 1. The molecular formula is C19H22ClN3O2. The second kappa shape index (κ2) is 9.20. The van der Waals surface area contributed by atoms with Gasteiger partial charge in [0.1, 0.15) is 0 Å².